The molecule has 1 aliphatic heterocycles. The topological polar surface area (TPSA) is 41.4 Å². The molecule has 1 aromatic carbocycles. The number of hydrogen-bond donors (Lipinski definition) is 0. The lowest BCUT2D eigenvalue weighted by Gasteiger charge is -2.34. The predicted octanol–water partition coefficient (Wildman–Crippen LogP) is 2.39. The Kier molecular flexibility index (Phi) is 5.34. The van der Waals surface area contributed by atoms with Crippen LogP contribution in [0.3, 0.4) is 0 Å². The molecule has 0 spiro atoms. The first-order valence-corrected chi connectivity index (χ1v) is 8.77. The van der Waals surface area contributed by atoms with Crippen molar-refractivity contribution >= 4 is 12.0 Å². The molecule has 0 unspecified atom stereocenters. The lowest BCUT2D eigenvalue weighted by atomic mass is 10.1. The van der Waals surface area contributed by atoms with Crippen molar-refractivity contribution in [3.05, 3.63) is 58.9 Å². The van der Waals surface area contributed by atoms with Crippen molar-refractivity contribution < 1.29 is 4.79 Å². The summed E-state index contributed by atoms with van der Waals surface area (Å²) in [5.74, 6) is 0.0822. The maximum Gasteiger partial charge on any atom is 0.246 e. The number of aromatic nitrogens is 2. The molecule has 0 saturated carbocycles. The van der Waals surface area contributed by atoms with Crippen LogP contribution in [0.4, 0.5) is 0 Å². The van der Waals surface area contributed by atoms with Crippen LogP contribution in [0.1, 0.15) is 22.4 Å². The van der Waals surface area contributed by atoms with Gasteiger partial charge in [-0.15, -0.1) is 0 Å². The fourth-order valence-corrected chi connectivity index (χ4v) is 3.10. The molecule has 132 valence electrons. The van der Waals surface area contributed by atoms with Gasteiger partial charge in [0.2, 0.25) is 5.91 Å². The van der Waals surface area contributed by atoms with E-state index in [1.165, 1.54) is 11.1 Å². The van der Waals surface area contributed by atoms with Gasteiger partial charge in [-0.2, -0.15) is 5.10 Å². The normalized spacial score (nSPS) is 15.9. The van der Waals surface area contributed by atoms with Gasteiger partial charge in [0.25, 0.3) is 0 Å². The fourth-order valence-electron chi connectivity index (χ4n) is 3.10. The van der Waals surface area contributed by atoms with Gasteiger partial charge in [-0.25, -0.2) is 0 Å². The number of piperazine rings is 1. The van der Waals surface area contributed by atoms with Crippen molar-refractivity contribution in [3.8, 4) is 0 Å². The van der Waals surface area contributed by atoms with Gasteiger partial charge in [0.05, 0.1) is 6.20 Å². The van der Waals surface area contributed by atoms with E-state index in [0.717, 1.165) is 44.0 Å². The minimum Gasteiger partial charge on any atom is -0.337 e. The van der Waals surface area contributed by atoms with E-state index in [2.05, 4.69) is 41.2 Å². The molecule has 5 heteroatoms. The largest absolute Gasteiger partial charge is 0.337 e. The maximum atomic E-state index is 12.4. The van der Waals surface area contributed by atoms with Crippen molar-refractivity contribution in [2.75, 3.05) is 26.2 Å². The Bertz CT molecular complexity index is 770. The van der Waals surface area contributed by atoms with Gasteiger partial charge in [0.15, 0.2) is 0 Å². The Morgan fingerprint density at radius 2 is 1.88 bits per heavy atom. The molecule has 1 saturated heterocycles. The number of nitrogens with zero attached hydrogens (tertiary/aromatic N) is 4. The monoisotopic (exact) mass is 338 g/mol. The van der Waals surface area contributed by atoms with Gasteiger partial charge in [0, 0.05) is 57.1 Å². The third kappa shape index (κ3) is 4.17. The molecule has 0 bridgehead atoms. The molecule has 1 fully saturated rings. The van der Waals surface area contributed by atoms with E-state index in [4.69, 9.17) is 0 Å². The lowest BCUT2D eigenvalue weighted by Crippen LogP contribution is -2.47. The molecular weight excluding hydrogens is 312 g/mol. The zero-order valence-electron chi connectivity index (χ0n) is 15.3. The van der Waals surface area contributed by atoms with E-state index in [1.54, 1.807) is 12.3 Å². The molecular formula is C20H26N4O. The van der Waals surface area contributed by atoms with Crippen molar-refractivity contribution in [3.63, 3.8) is 0 Å². The SMILES string of the molecule is Cc1ccccc1CN1CCN(C(=O)/C=C/c2cnn(C)c2C)CC1. The van der Waals surface area contributed by atoms with Gasteiger partial charge in [-0.3, -0.25) is 14.4 Å². The van der Waals surface area contributed by atoms with E-state index in [9.17, 15) is 4.79 Å². The quantitative estimate of drug-likeness (QED) is 0.804. The average molecular weight is 338 g/mol. The van der Waals surface area contributed by atoms with Crippen molar-refractivity contribution in [1.82, 2.24) is 19.6 Å². The van der Waals surface area contributed by atoms with Gasteiger partial charge in [0.1, 0.15) is 0 Å². The van der Waals surface area contributed by atoms with Crippen LogP contribution in [0.25, 0.3) is 6.08 Å². The van der Waals surface area contributed by atoms with Crippen molar-refractivity contribution in [2.45, 2.75) is 20.4 Å². The van der Waals surface area contributed by atoms with Crippen LogP contribution < -0.4 is 0 Å². The fraction of sp³-hybridized carbons (Fsp3) is 0.400. The van der Waals surface area contributed by atoms with Crippen LogP contribution in [0, 0.1) is 13.8 Å². The smallest absolute Gasteiger partial charge is 0.246 e. The third-order valence-electron chi connectivity index (χ3n) is 5.02. The minimum absolute atomic E-state index is 0.0822. The van der Waals surface area contributed by atoms with E-state index in [-0.39, 0.29) is 5.91 Å². The summed E-state index contributed by atoms with van der Waals surface area (Å²) in [5, 5.41) is 4.20. The van der Waals surface area contributed by atoms with Crippen LogP contribution in [-0.4, -0.2) is 51.7 Å². The highest BCUT2D eigenvalue weighted by molar-refractivity contribution is 5.92. The van der Waals surface area contributed by atoms with E-state index >= 15 is 0 Å². The molecule has 25 heavy (non-hydrogen) atoms. The van der Waals surface area contributed by atoms with Gasteiger partial charge in [-0.1, -0.05) is 24.3 Å². The maximum absolute atomic E-state index is 12.4. The van der Waals surface area contributed by atoms with E-state index < -0.39 is 0 Å². The summed E-state index contributed by atoms with van der Waals surface area (Å²) in [7, 11) is 1.90. The first-order chi connectivity index (χ1) is 12.0. The highest BCUT2D eigenvalue weighted by Gasteiger charge is 2.20. The second kappa shape index (κ2) is 7.66. The van der Waals surface area contributed by atoms with Gasteiger partial charge >= 0.3 is 0 Å². The molecule has 5 nitrogen and oxygen atoms in total. The summed E-state index contributed by atoms with van der Waals surface area (Å²) >= 11 is 0. The molecule has 0 atom stereocenters. The number of benzene rings is 1. The zero-order valence-corrected chi connectivity index (χ0v) is 15.3. The summed E-state index contributed by atoms with van der Waals surface area (Å²) in [6.07, 6.45) is 5.32. The summed E-state index contributed by atoms with van der Waals surface area (Å²) in [5.41, 5.74) is 4.76. The molecule has 1 amide bonds. The molecule has 3 rings (SSSR count). The van der Waals surface area contributed by atoms with Crippen LogP contribution >= 0.6 is 0 Å². The molecule has 0 aliphatic carbocycles. The first kappa shape index (κ1) is 17.4. The van der Waals surface area contributed by atoms with Gasteiger partial charge < -0.3 is 4.90 Å². The van der Waals surface area contributed by atoms with Crippen LogP contribution in [-0.2, 0) is 18.4 Å². The number of amides is 1. The Morgan fingerprint density at radius 1 is 1.16 bits per heavy atom. The molecule has 2 aromatic rings. The van der Waals surface area contributed by atoms with Crippen LogP contribution in [0.5, 0.6) is 0 Å². The molecule has 2 heterocycles. The average Bonchev–Trinajstić information content (AvgIpc) is 2.94. The van der Waals surface area contributed by atoms with Gasteiger partial charge in [-0.05, 0) is 31.1 Å². The van der Waals surface area contributed by atoms with Crippen molar-refractivity contribution in [2.24, 2.45) is 7.05 Å². The third-order valence-corrected chi connectivity index (χ3v) is 5.02. The van der Waals surface area contributed by atoms with Crippen molar-refractivity contribution in [1.29, 1.82) is 0 Å². The van der Waals surface area contributed by atoms with Crippen LogP contribution in [0.2, 0.25) is 0 Å². The summed E-state index contributed by atoms with van der Waals surface area (Å²) in [6.45, 7) is 8.50. The Balaban J connectivity index is 1.52. The predicted molar refractivity (Wildman–Crippen MR) is 100 cm³/mol. The number of aryl methyl sites for hydroxylation is 2. The molecule has 1 aromatic heterocycles. The molecule has 0 N–H and O–H groups in total. The molecule has 0 radical (unpaired) electrons. The zero-order chi connectivity index (χ0) is 17.8. The summed E-state index contributed by atoms with van der Waals surface area (Å²) in [4.78, 5) is 16.7. The Morgan fingerprint density at radius 3 is 2.52 bits per heavy atom. The number of hydrogen-bond acceptors (Lipinski definition) is 3. The summed E-state index contributed by atoms with van der Waals surface area (Å²) in [6, 6.07) is 8.51. The second-order valence-corrected chi connectivity index (χ2v) is 6.67. The Labute approximate surface area is 149 Å². The highest BCUT2D eigenvalue weighted by Crippen LogP contribution is 2.13. The molecule has 1 aliphatic rings. The standard InChI is InChI=1S/C20H26N4O/c1-16-6-4-5-7-19(16)15-23-10-12-24(13-11-23)20(25)9-8-18-14-21-22(3)17(18)2/h4-9,14H,10-13,15H2,1-3H3/b9-8+. The summed E-state index contributed by atoms with van der Waals surface area (Å²) < 4.78 is 1.81. The number of carbonyl (C=O) groups excluding carboxylic acids is 1. The Hall–Kier alpha value is -2.40. The lowest BCUT2D eigenvalue weighted by molar-refractivity contribution is -0.127. The number of rotatable bonds is 4. The first-order valence-electron chi connectivity index (χ1n) is 8.77. The second-order valence-electron chi connectivity index (χ2n) is 6.67. The van der Waals surface area contributed by atoms with Crippen LogP contribution in [0.15, 0.2) is 36.5 Å². The minimum atomic E-state index is 0.0822. The number of carbonyl (C=O) groups is 1. The van der Waals surface area contributed by atoms with E-state index in [1.807, 2.05) is 29.6 Å². The highest BCUT2D eigenvalue weighted by atomic mass is 16.2. The van der Waals surface area contributed by atoms with E-state index in [0.29, 0.717) is 0 Å².